The lowest BCUT2D eigenvalue weighted by Crippen LogP contribution is -2.49. The van der Waals surface area contributed by atoms with E-state index in [1.807, 2.05) is 12.2 Å². The van der Waals surface area contributed by atoms with Crippen LogP contribution < -0.4 is 4.74 Å². The third kappa shape index (κ3) is 2.70. The van der Waals surface area contributed by atoms with Gasteiger partial charge < -0.3 is 4.74 Å². The number of halogens is 1. The molecule has 0 bridgehead atoms. The van der Waals surface area contributed by atoms with Crippen LogP contribution in [0, 0.1) is 5.82 Å². The zero-order valence-corrected chi connectivity index (χ0v) is 12.7. The van der Waals surface area contributed by atoms with Crippen molar-refractivity contribution in [2.45, 2.75) is 25.4 Å². The summed E-state index contributed by atoms with van der Waals surface area (Å²) in [5.74, 6) is 0.492. The van der Waals surface area contributed by atoms with E-state index < -0.39 is 15.6 Å². The van der Waals surface area contributed by atoms with Gasteiger partial charge in [-0.05, 0) is 31.2 Å². The fourth-order valence-electron chi connectivity index (χ4n) is 2.83. The highest BCUT2D eigenvalue weighted by atomic mass is 32.2. The quantitative estimate of drug-likeness (QED) is 0.842. The molecule has 1 aromatic carbocycles. The fraction of sp³-hybridized carbons (Fsp3) is 0.467. The second kappa shape index (κ2) is 5.10. The number of hydrogen-bond acceptors (Lipinski definition) is 3. The molecule has 1 saturated heterocycles. The first kappa shape index (κ1) is 14.5. The summed E-state index contributed by atoms with van der Waals surface area (Å²) in [4.78, 5) is 0. The van der Waals surface area contributed by atoms with Crippen LogP contribution in [0.1, 0.15) is 25.3 Å². The van der Waals surface area contributed by atoms with Gasteiger partial charge in [-0.15, -0.1) is 0 Å². The predicted molar refractivity (Wildman–Crippen MR) is 79.1 cm³/mol. The number of ether oxygens (including phenoxy) is 1. The van der Waals surface area contributed by atoms with E-state index in [4.69, 9.17) is 4.74 Å². The maximum absolute atomic E-state index is 13.2. The highest BCUT2D eigenvalue weighted by Crippen LogP contribution is 2.37. The topological polar surface area (TPSA) is 46.6 Å². The summed E-state index contributed by atoms with van der Waals surface area (Å²) in [6.07, 6.45) is 5.02. The van der Waals surface area contributed by atoms with Gasteiger partial charge in [0.2, 0.25) is 10.0 Å². The van der Waals surface area contributed by atoms with Crippen molar-refractivity contribution >= 4 is 16.1 Å². The first-order chi connectivity index (χ1) is 9.94. The molecular formula is C15H18FNO3S. The SMILES string of the molecule is CCS(=O)(=O)N1CCC2(C=Cc3cc(F)ccc3O2)CC1. The van der Waals surface area contributed by atoms with Gasteiger partial charge in [-0.3, -0.25) is 0 Å². The van der Waals surface area contributed by atoms with Gasteiger partial charge in [0, 0.05) is 31.5 Å². The van der Waals surface area contributed by atoms with E-state index in [0.717, 1.165) is 5.56 Å². The minimum absolute atomic E-state index is 0.124. The third-order valence-electron chi connectivity index (χ3n) is 4.18. The second-order valence-electron chi connectivity index (χ2n) is 5.48. The molecule has 0 aliphatic carbocycles. The van der Waals surface area contributed by atoms with Gasteiger partial charge in [0.05, 0.1) is 5.75 Å². The standard InChI is InChI=1S/C15H18FNO3S/c1-2-21(18,19)17-9-7-15(8-10-17)6-5-12-11-13(16)3-4-14(12)20-15/h3-6,11H,2,7-10H2,1H3. The van der Waals surface area contributed by atoms with Crippen LogP contribution in [-0.2, 0) is 10.0 Å². The highest BCUT2D eigenvalue weighted by molar-refractivity contribution is 7.89. The third-order valence-corrected chi connectivity index (χ3v) is 6.06. The van der Waals surface area contributed by atoms with Gasteiger partial charge in [-0.2, -0.15) is 0 Å². The van der Waals surface area contributed by atoms with Crippen LogP contribution in [0.15, 0.2) is 24.3 Å². The number of nitrogens with zero attached hydrogens (tertiary/aromatic N) is 1. The summed E-state index contributed by atoms with van der Waals surface area (Å²) in [7, 11) is -3.14. The van der Waals surface area contributed by atoms with Gasteiger partial charge in [0.1, 0.15) is 17.2 Å². The number of sulfonamides is 1. The Morgan fingerprint density at radius 3 is 2.71 bits per heavy atom. The van der Waals surface area contributed by atoms with Crippen LogP contribution >= 0.6 is 0 Å². The summed E-state index contributed by atoms with van der Waals surface area (Å²) in [5, 5.41) is 0. The highest BCUT2D eigenvalue weighted by Gasteiger charge is 2.39. The molecule has 0 N–H and O–H groups in total. The van der Waals surface area contributed by atoms with Crippen LogP contribution in [0.25, 0.3) is 6.08 Å². The molecule has 0 saturated carbocycles. The van der Waals surface area contributed by atoms with E-state index in [0.29, 0.717) is 31.7 Å². The van der Waals surface area contributed by atoms with Crippen molar-refractivity contribution in [1.82, 2.24) is 4.31 Å². The lowest BCUT2D eigenvalue weighted by molar-refractivity contribution is 0.0619. The molecule has 6 heteroatoms. The summed E-state index contributed by atoms with van der Waals surface area (Å²) in [6, 6.07) is 4.45. The van der Waals surface area contributed by atoms with Crippen molar-refractivity contribution in [3.63, 3.8) is 0 Å². The monoisotopic (exact) mass is 311 g/mol. The van der Waals surface area contributed by atoms with Crippen LogP contribution in [0.2, 0.25) is 0 Å². The molecule has 2 aliphatic rings. The number of piperidine rings is 1. The number of hydrogen-bond donors (Lipinski definition) is 0. The zero-order chi connectivity index (χ0) is 15.1. The average Bonchev–Trinajstić information content (AvgIpc) is 2.48. The molecule has 4 nitrogen and oxygen atoms in total. The number of rotatable bonds is 2. The van der Waals surface area contributed by atoms with Gasteiger partial charge in [0.25, 0.3) is 0 Å². The van der Waals surface area contributed by atoms with Crippen molar-refractivity contribution in [3.05, 3.63) is 35.7 Å². The molecule has 21 heavy (non-hydrogen) atoms. The number of benzene rings is 1. The molecular weight excluding hydrogens is 293 g/mol. The van der Waals surface area contributed by atoms with Crippen LogP contribution in [-0.4, -0.2) is 37.2 Å². The zero-order valence-electron chi connectivity index (χ0n) is 11.9. The summed E-state index contributed by atoms with van der Waals surface area (Å²) in [6.45, 7) is 2.57. The second-order valence-corrected chi connectivity index (χ2v) is 7.74. The smallest absolute Gasteiger partial charge is 0.213 e. The van der Waals surface area contributed by atoms with E-state index >= 15 is 0 Å². The largest absolute Gasteiger partial charge is 0.482 e. The van der Waals surface area contributed by atoms with Crippen molar-refractivity contribution in [1.29, 1.82) is 0 Å². The Hall–Kier alpha value is -1.40. The van der Waals surface area contributed by atoms with E-state index in [-0.39, 0.29) is 11.6 Å². The molecule has 0 radical (unpaired) electrons. The van der Waals surface area contributed by atoms with E-state index in [1.54, 1.807) is 13.0 Å². The molecule has 1 spiro atoms. The summed E-state index contributed by atoms with van der Waals surface area (Å²) in [5.41, 5.74) is 0.258. The Morgan fingerprint density at radius 1 is 1.33 bits per heavy atom. The summed E-state index contributed by atoms with van der Waals surface area (Å²) >= 11 is 0. The molecule has 0 unspecified atom stereocenters. The minimum atomic E-state index is -3.14. The predicted octanol–water partition coefficient (Wildman–Crippen LogP) is 2.42. The molecule has 2 heterocycles. The van der Waals surface area contributed by atoms with Crippen LogP contribution in [0.4, 0.5) is 4.39 Å². The molecule has 0 amide bonds. The first-order valence-corrected chi connectivity index (χ1v) is 8.71. The van der Waals surface area contributed by atoms with Crippen molar-refractivity contribution in [3.8, 4) is 5.75 Å². The number of fused-ring (bicyclic) bond motifs is 1. The van der Waals surface area contributed by atoms with E-state index in [1.165, 1.54) is 16.4 Å². The lowest BCUT2D eigenvalue weighted by Gasteiger charge is -2.41. The van der Waals surface area contributed by atoms with Gasteiger partial charge in [-0.1, -0.05) is 6.08 Å². The molecule has 1 fully saturated rings. The fourth-order valence-corrected chi connectivity index (χ4v) is 3.94. The minimum Gasteiger partial charge on any atom is -0.482 e. The summed E-state index contributed by atoms with van der Waals surface area (Å²) < 4.78 is 44.5. The van der Waals surface area contributed by atoms with Crippen LogP contribution in [0.3, 0.4) is 0 Å². The van der Waals surface area contributed by atoms with Crippen molar-refractivity contribution < 1.29 is 17.5 Å². The molecule has 1 aromatic rings. The first-order valence-electron chi connectivity index (χ1n) is 7.10. The molecule has 2 aliphatic heterocycles. The van der Waals surface area contributed by atoms with Crippen molar-refractivity contribution in [2.24, 2.45) is 0 Å². The molecule has 3 rings (SSSR count). The molecule has 114 valence electrons. The normalized spacial score (nSPS) is 21.0. The van der Waals surface area contributed by atoms with Gasteiger partial charge in [0.15, 0.2) is 0 Å². The Bertz CT molecular complexity index is 676. The molecule has 0 atom stereocenters. The van der Waals surface area contributed by atoms with E-state index in [2.05, 4.69) is 0 Å². The molecule has 0 aromatic heterocycles. The Labute approximate surface area is 124 Å². The van der Waals surface area contributed by atoms with Gasteiger partial charge in [-0.25, -0.2) is 17.1 Å². The van der Waals surface area contributed by atoms with Crippen molar-refractivity contribution in [2.75, 3.05) is 18.8 Å². The van der Waals surface area contributed by atoms with Crippen LogP contribution in [0.5, 0.6) is 5.75 Å². The van der Waals surface area contributed by atoms with Gasteiger partial charge >= 0.3 is 0 Å². The maximum atomic E-state index is 13.2. The maximum Gasteiger partial charge on any atom is 0.213 e. The Balaban J connectivity index is 1.77. The Kier molecular flexibility index (Phi) is 3.53. The van der Waals surface area contributed by atoms with E-state index in [9.17, 15) is 12.8 Å². The lowest BCUT2D eigenvalue weighted by atomic mass is 9.89. The Morgan fingerprint density at radius 2 is 2.05 bits per heavy atom. The average molecular weight is 311 g/mol.